The summed E-state index contributed by atoms with van der Waals surface area (Å²) >= 11 is 0. The molecule has 1 amide bonds. The number of carbonyl (C=O) groups excluding carboxylic acids is 1. The molecule has 1 atom stereocenters. The second-order valence-electron chi connectivity index (χ2n) is 5.21. The summed E-state index contributed by atoms with van der Waals surface area (Å²) in [5, 5.41) is 15.0. The first kappa shape index (κ1) is 17.5. The molecule has 0 spiro atoms. The molecule has 2 rings (SSSR count). The van der Waals surface area contributed by atoms with Crippen LogP contribution in [0.25, 0.3) is 0 Å². The minimum Gasteiger partial charge on any atom is -0.310 e. The first-order valence-electron chi connectivity index (χ1n) is 6.96. The molecule has 0 saturated carbocycles. The summed E-state index contributed by atoms with van der Waals surface area (Å²) in [4.78, 5) is 16.1. The minimum absolute atomic E-state index is 0.0404. The Bertz CT molecular complexity index is 778. The molecule has 9 heteroatoms. The molecule has 0 aromatic carbocycles. The molecule has 0 aliphatic carbocycles. The minimum atomic E-state index is -4.64. The lowest BCUT2D eigenvalue weighted by atomic mass is 10.1. The third-order valence-corrected chi connectivity index (χ3v) is 3.32. The molecule has 2 heterocycles. The van der Waals surface area contributed by atoms with Crippen LogP contribution in [0.4, 0.5) is 19.0 Å². The van der Waals surface area contributed by atoms with Gasteiger partial charge in [0.1, 0.15) is 6.07 Å². The maximum Gasteiger partial charge on any atom is 0.411 e. The Morgan fingerprint density at radius 1 is 1.46 bits per heavy atom. The van der Waals surface area contributed by atoms with Crippen molar-refractivity contribution in [1.82, 2.24) is 14.8 Å². The Morgan fingerprint density at radius 2 is 2.17 bits per heavy atom. The number of alkyl halides is 3. The van der Waals surface area contributed by atoms with Gasteiger partial charge in [-0.1, -0.05) is 0 Å². The largest absolute Gasteiger partial charge is 0.411 e. The monoisotopic (exact) mass is 337 g/mol. The average Bonchev–Trinajstić information content (AvgIpc) is 2.96. The highest BCUT2D eigenvalue weighted by Crippen LogP contribution is 2.33. The van der Waals surface area contributed by atoms with Gasteiger partial charge in [0.25, 0.3) is 0 Å². The number of nitrogens with one attached hydrogen (secondary N) is 1. The topological polar surface area (TPSA) is 83.6 Å². The number of rotatable bonds is 4. The van der Waals surface area contributed by atoms with Crippen LogP contribution in [-0.2, 0) is 4.79 Å². The van der Waals surface area contributed by atoms with E-state index in [0.717, 1.165) is 6.20 Å². The van der Waals surface area contributed by atoms with E-state index in [1.54, 1.807) is 19.9 Å². The fourth-order valence-corrected chi connectivity index (χ4v) is 2.25. The van der Waals surface area contributed by atoms with Crippen molar-refractivity contribution in [3.8, 4) is 6.07 Å². The Labute approximate surface area is 135 Å². The van der Waals surface area contributed by atoms with Crippen LogP contribution in [0.1, 0.15) is 29.3 Å². The molecule has 0 bridgehead atoms. The van der Waals surface area contributed by atoms with Gasteiger partial charge in [-0.3, -0.25) is 9.48 Å². The van der Waals surface area contributed by atoms with Gasteiger partial charge >= 0.3 is 6.18 Å². The Morgan fingerprint density at radius 3 is 2.71 bits per heavy atom. The predicted molar refractivity (Wildman–Crippen MR) is 79.0 cm³/mol. The summed E-state index contributed by atoms with van der Waals surface area (Å²) < 4.78 is 40.1. The molecule has 0 aliphatic heterocycles. The number of aromatic nitrogens is 3. The number of carbonyl (C=O) groups is 1. The van der Waals surface area contributed by atoms with Crippen molar-refractivity contribution in [2.75, 3.05) is 5.32 Å². The predicted octanol–water partition coefficient (Wildman–Crippen LogP) is 2.90. The highest BCUT2D eigenvalue weighted by molar-refractivity contribution is 5.91. The molecule has 0 radical (unpaired) electrons. The summed E-state index contributed by atoms with van der Waals surface area (Å²) in [6.45, 7) is 3.32. The molecular formula is C15H14F3N5O. The summed E-state index contributed by atoms with van der Waals surface area (Å²) in [5.41, 5.74) is 1.25. The van der Waals surface area contributed by atoms with Crippen LogP contribution in [0.15, 0.2) is 24.5 Å². The second kappa shape index (κ2) is 6.70. The van der Waals surface area contributed by atoms with Crippen molar-refractivity contribution in [2.24, 2.45) is 0 Å². The van der Waals surface area contributed by atoms with Gasteiger partial charge in [0.15, 0.2) is 11.9 Å². The molecular weight excluding hydrogens is 323 g/mol. The first-order valence-corrected chi connectivity index (χ1v) is 6.96. The van der Waals surface area contributed by atoms with Crippen LogP contribution in [0.5, 0.6) is 0 Å². The van der Waals surface area contributed by atoms with Crippen molar-refractivity contribution in [3.05, 3.63) is 41.3 Å². The van der Waals surface area contributed by atoms with E-state index in [1.807, 2.05) is 6.07 Å². The quantitative estimate of drug-likeness (QED) is 0.930. The number of nitriles is 1. The summed E-state index contributed by atoms with van der Waals surface area (Å²) in [6.07, 6.45) is -3.17. The first-order chi connectivity index (χ1) is 11.2. The van der Waals surface area contributed by atoms with Crippen LogP contribution in [0, 0.1) is 25.2 Å². The van der Waals surface area contributed by atoms with Crippen molar-refractivity contribution in [2.45, 2.75) is 32.5 Å². The average molecular weight is 337 g/mol. The third-order valence-electron chi connectivity index (χ3n) is 3.32. The van der Waals surface area contributed by atoms with Gasteiger partial charge in [0, 0.05) is 18.1 Å². The van der Waals surface area contributed by atoms with Crippen molar-refractivity contribution < 1.29 is 18.0 Å². The highest BCUT2D eigenvalue weighted by atomic mass is 19.4. The number of hydrogen-bond acceptors (Lipinski definition) is 4. The van der Waals surface area contributed by atoms with Crippen molar-refractivity contribution >= 4 is 11.7 Å². The number of hydrogen-bond donors (Lipinski definition) is 1. The molecule has 1 unspecified atom stereocenters. The van der Waals surface area contributed by atoms with Gasteiger partial charge < -0.3 is 5.32 Å². The van der Waals surface area contributed by atoms with E-state index in [4.69, 9.17) is 5.26 Å². The zero-order valence-electron chi connectivity index (χ0n) is 12.9. The number of pyridine rings is 1. The van der Waals surface area contributed by atoms with Gasteiger partial charge in [-0.2, -0.15) is 23.5 Å². The van der Waals surface area contributed by atoms with Gasteiger partial charge in [0.05, 0.1) is 12.0 Å². The standard InChI is InChI=1S/C15H14F3N5O/c1-9-6-10(2)21-14(11(9)8-19)22-13(24)7-12(15(16,17)18)23-5-3-4-20-23/h3-6,12H,7H2,1-2H3,(H,21,22,24). The maximum atomic E-state index is 13.1. The van der Waals surface area contributed by atoms with Crippen LogP contribution >= 0.6 is 0 Å². The smallest absolute Gasteiger partial charge is 0.310 e. The number of anilines is 1. The van der Waals surface area contributed by atoms with E-state index < -0.39 is 24.5 Å². The third kappa shape index (κ3) is 3.90. The van der Waals surface area contributed by atoms with E-state index >= 15 is 0 Å². The zero-order valence-corrected chi connectivity index (χ0v) is 12.9. The Kier molecular flexibility index (Phi) is 4.87. The van der Waals surface area contributed by atoms with Gasteiger partial charge in [-0.15, -0.1) is 0 Å². The SMILES string of the molecule is Cc1cc(C)c(C#N)c(NC(=O)CC(n2cccn2)C(F)(F)F)n1. The lowest BCUT2D eigenvalue weighted by Gasteiger charge is -2.20. The van der Waals surface area contributed by atoms with Gasteiger partial charge in [-0.05, 0) is 31.5 Å². The van der Waals surface area contributed by atoms with Crippen LogP contribution in [0.3, 0.4) is 0 Å². The van der Waals surface area contributed by atoms with E-state index in [9.17, 15) is 18.0 Å². The fraction of sp³-hybridized carbons (Fsp3) is 0.333. The van der Waals surface area contributed by atoms with E-state index in [1.165, 1.54) is 12.3 Å². The number of aryl methyl sites for hydroxylation is 2. The molecule has 24 heavy (non-hydrogen) atoms. The maximum absolute atomic E-state index is 13.1. The Hall–Kier alpha value is -2.89. The van der Waals surface area contributed by atoms with Crippen LogP contribution in [-0.4, -0.2) is 26.8 Å². The second-order valence-corrected chi connectivity index (χ2v) is 5.21. The number of halogens is 3. The fourth-order valence-electron chi connectivity index (χ4n) is 2.25. The summed E-state index contributed by atoms with van der Waals surface area (Å²) in [7, 11) is 0. The Balaban J connectivity index is 2.23. The van der Waals surface area contributed by atoms with E-state index in [2.05, 4.69) is 15.4 Å². The molecule has 126 valence electrons. The lowest BCUT2D eigenvalue weighted by molar-refractivity contribution is -0.174. The normalized spacial score (nSPS) is 12.5. The van der Waals surface area contributed by atoms with E-state index in [0.29, 0.717) is 15.9 Å². The molecule has 6 nitrogen and oxygen atoms in total. The molecule has 0 saturated heterocycles. The molecule has 0 aliphatic rings. The summed E-state index contributed by atoms with van der Waals surface area (Å²) in [6, 6.07) is 2.79. The summed E-state index contributed by atoms with van der Waals surface area (Å²) in [5.74, 6) is -0.941. The molecule has 0 fully saturated rings. The molecule has 2 aromatic rings. The zero-order chi connectivity index (χ0) is 17.9. The number of amides is 1. The molecule has 1 N–H and O–H groups in total. The van der Waals surface area contributed by atoms with Gasteiger partial charge in [0.2, 0.25) is 5.91 Å². The number of nitrogens with zero attached hydrogens (tertiary/aromatic N) is 4. The van der Waals surface area contributed by atoms with Crippen LogP contribution in [0.2, 0.25) is 0 Å². The molecule has 2 aromatic heterocycles. The van der Waals surface area contributed by atoms with Crippen molar-refractivity contribution in [3.63, 3.8) is 0 Å². The van der Waals surface area contributed by atoms with Crippen molar-refractivity contribution in [1.29, 1.82) is 5.26 Å². The van der Waals surface area contributed by atoms with E-state index in [-0.39, 0.29) is 11.4 Å². The van der Waals surface area contributed by atoms with Gasteiger partial charge in [-0.25, -0.2) is 4.98 Å². The lowest BCUT2D eigenvalue weighted by Crippen LogP contribution is -2.31. The highest BCUT2D eigenvalue weighted by Gasteiger charge is 2.42. The van der Waals surface area contributed by atoms with Crippen LogP contribution < -0.4 is 5.32 Å².